The summed E-state index contributed by atoms with van der Waals surface area (Å²) in [6, 6.07) is 8.54. The third-order valence-corrected chi connectivity index (χ3v) is 5.44. The van der Waals surface area contributed by atoms with Crippen LogP contribution in [0.3, 0.4) is 0 Å². The molecule has 21 heavy (non-hydrogen) atoms. The summed E-state index contributed by atoms with van der Waals surface area (Å²) in [4.78, 5) is 12.1. The van der Waals surface area contributed by atoms with E-state index in [0.717, 1.165) is 18.4 Å². The van der Waals surface area contributed by atoms with Crippen LogP contribution in [0.15, 0.2) is 42.5 Å². The molecule has 1 amide bonds. The van der Waals surface area contributed by atoms with Crippen molar-refractivity contribution < 1.29 is 13.2 Å². The Morgan fingerprint density at radius 3 is 2.62 bits per heavy atom. The number of carbonyl (C=O) groups excluding carboxylic acids is 1. The summed E-state index contributed by atoms with van der Waals surface area (Å²) in [5.41, 5.74) is 0.728. The molecule has 1 aromatic carbocycles. The molecule has 1 aromatic rings. The van der Waals surface area contributed by atoms with Crippen LogP contribution in [0.1, 0.15) is 18.4 Å². The van der Waals surface area contributed by atoms with Crippen molar-refractivity contribution in [2.24, 2.45) is 0 Å². The van der Waals surface area contributed by atoms with Crippen LogP contribution < -0.4 is 5.32 Å². The Kier molecular flexibility index (Phi) is 3.82. The fraction of sp³-hybridized carbons (Fsp3) is 0.400. The Labute approximate surface area is 124 Å². The molecule has 1 aliphatic heterocycles. The standard InChI is InChI=1S/C15H18N2O3S/c18-15(16-13-8-9-13)14-7-4-10-17(14)21(19,20)11-12-5-2-1-3-6-12/h1-7,13-14H,8-11H2,(H,16,18)/t14-/m1/s1. The molecule has 1 heterocycles. The Hall–Kier alpha value is -1.66. The molecule has 0 radical (unpaired) electrons. The van der Waals surface area contributed by atoms with Crippen molar-refractivity contribution in [2.45, 2.75) is 30.7 Å². The van der Waals surface area contributed by atoms with E-state index < -0.39 is 16.1 Å². The maximum absolute atomic E-state index is 12.5. The second-order valence-corrected chi connectivity index (χ2v) is 7.39. The number of rotatable bonds is 5. The van der Waals surface area contributed by atoms with Gasteiger partial charge in [-0.1, -0.05) is 42.5 Å². The quantitative estimate of drug-likeness (QED) is 0.827. The lowest BCUT2D eigenvalue weighted by atomic mass is 10.2. The Bertz CT molecular complexity index is 651. The van der Waals surface area contributed by atoms with Gasteiger partial charge in [-0.3, -0.25) is 4.79 Å². The Morgan fingerprint density at radius 2 is 1.95 bits per heavy atom. The van der Waals surface area contributed by atoms with Gasteiger partial charge in [0.15, 0.2) is 0 Å². The van der Waals surface area contributed by atoms with E-state index in [0.29, 0.717) is 0 Å². The average Bonchev–Trinajstić information content (AvgIpc) is 3.11. The minimum absolute atomic E-state index is 0.0806. The molecule has 1 fully saturated rings. The molecule has 0 saturated heterocycles. The minimum atomic E-state index is -3.51. The molecule has 2 aliphatic rings. The maximum Gasteiger partial charge on any atom is 0.242 e. The zero-order valence-corrected chi connectivity index (χ0v) is 12.4. The normalized spacial score (nSPS) is 22.4. The van der Waals surface area contributed by atoms with Crippen LogP contribution in [0, 0.1) is 0 Å². The van der Waals surface area contributed by atoms with Gasteiger partial charge in [0, 0.05) is 12.6 Å². The second kappa shape index (κ2) is 5.61. The number of nitrogens with zero attached hydrogens (tertiary/aromatic N) is 1. The van der Waals surface area contributed by atoms with Gasteiger partial charge in [-0.25, -0.2) is 8.42 Å². The van der Waals surface area contributed by atoms with Gasteiger partial charge in [0.2, 0.25) is 15.9 Å². The third kappa shape index (κ3) is 3.33. The lowest BCUT2D eigenvalue weighted by Gasteiger charge is -2.23. The van der Waals surface area contributed by atoms with Gasteiger partial charge in [-0.05, 0) is 18.4 Å². The monoisotopic (exact) mass is 306 g/mol. The van der Waals surface area contributed by atoms with E-state index in [1.165, 1.54) is 4.31 Å². The highest BCUT2D eigenvalue weighted by Gasteiger charge is 2.37. The SMILES string of the molecule is O=C(NC1CC1)[C@H]1C=CCN1S(=O)(=O)Cc1ccccc1. The van der Waals surface area contributed by atoms with Gasteiger partial charge in [-0.15, -0.1) is 0 Å². The van der Waals surface area contributed by atoms with E-state index in [2.05, 4.69) is 5.32 Å². The highest BCUT2D eigenvalue weighted by molar-refractivity contribution is 7.88. The first-order valence-electron chi connectivity index (χ1n) is 7.07. The smallest absolute Gasteiger partial charge is 0.242 e. The molecule has 6 heteroatoms. The van der Waals surface area contributed by atoms with E-state index in [-0.39, 0.29) is 24.2 Å². The maximum atomic E-state index is 12.5. The fourth-order valence-corrected chi connectivity index (χ4v) is 3.99. The predicted molar refractivity (Wildman–Crippen MR) is 79.9 cm³/mol. The molecule has 0 aromatic heterocycles. The third-order valence-electron chi connectivity index (χ3n) is 3.66. The van der Waals surface area contributed by atoms with E-state index in [4.69, 9.17) is 0 Å². The molecule has 0 spiro atoms. The molecule has 3 rings (SSSR count). The lowest BCUT2D eigenvalue weighted by molar-refractivity contribution is -0.123. The molecule has 1 N–H and O–H groups in total. The minimum Gasteiger partial charge on any atom is -0.352 e. The average molecular weight is 306 g/mol. The zero-order valence-electron chi connectivity index (χ0n) is 11.6. The molecule has 1 aliphatic carbocycles. The highest BCUT2D eigenvalue weighted by Crippen LogP contribution is 2.22. The molecule has 112 valence electrons. The second-order valence-electron chi connectivity index (χ2n) is 5.47. The molecular weight excluding hydrogens is 288 g/mol. The summed E-state index contributed by atoms with van der Waals surface area (Å²) in [5.74, 6) is -0.300. The molecule has 1 atom stereocenters. The predicted octanol–water partition coefficient (Wildman–Crippen LogP) is 1.04. The van der Waals surface area contributed by atoms with Gasteiger partial charge >= 0.3 is 0 Å². The van der Waals surface area contributed by atoms with Crippen molar-refractivity contribution in [1.29, 1.82) is 0 Å². The van der Waals surface area contributed by atoms with E-state index in [1.807, 2.05) is 18.2 Å². The summed E-state index contributed by atoms with van der Waals surface area (Å²) in [6.45, 7) is 0.262. The molecule has 5 nitrogen and oxygen atoms in total. The van der Waals surface area contributed by atoms with Crippen LogP contribution in [-0.4, -0.2) is 37.3 Å². The van der Waals surface area contributed by atoms with Gasteiger partial charge in [0.1, 0.15) is 6.04 Å². The number of amides is 1. The van der Waals surface area contributed by atoms with E-state index in [9.17, 15) is 13.2 Å². The zero-order chi connectivity index (χ0) is 14.9. The summed E-state index contributed by atoms with van der Waals surface area (Å²) in [6.07, 6.45) is 5.37. The fourth-order valence-electron chi connectivity index (χ4n) is 2.39. The summed E-state index contributed by atoms with van der Waals surface area (Å²) in [7, 11) is -3.51. The highest BCUT2D eigenvalue weighted by atomic mass is 32.2. The van der Waals surface area contributed by atoms with E-state index >= 15 is 0 Å². The number of benzene rings is 1. The molecule has 0 unspecified atom stereocenters. The summed E-state index contributed by atoms with van der Waals surface area (Å²) < 4.78 is 26.3. The van der Waals surface area contributed by atoms with Gasteiger partial charge < -0.3 is 5.32 Å². The van der Waals surface area contributed by atoms with Gasteiger partial charge in [-0.2, -0.15) is 4.31 Å². The Morgan fingerprint density at radius 1 is 1.24 bits per heavy atom. The van der Waals surface area contributed by atoms with Crippen LogP contribution in [0.2, 0.25) is 0 Å². The largest absolute Gasteiger partial charge is 0.352 e. The number of hydrogen-bond acceptors (Lipinski definition) is 3. The summed E-state index contributed by atoms with van der Waals surface area (Å²) in [5, 5.41) is 2.87. The number of hydrogen-bond donors (Lipinski definition) is 1. The molecule has 1 saturated carbocycles. The van der Waals surface area contributed by atoms with Crippen LogP contribution in [-0.2, 0) is 20.6 Å². The lowest BCUT2D eigenvalue weighted by Crippen LogP contribution is -2.47. The first-order chi connectivity index (χ1) is 10.1. The van der Waals surface area contributed by atoms with Crippen molar-refractivity contribution in [3.63, 3.8) is 0 Å². The number of nitrogens with one attached hydrogen (secondary N) is 1. The van der Waals surface area contributed by atoms with Crippen LogP contribution in [0.5, 0.6) is 0 Å². The van der Waals surface area contributed by atoms with Gasteiger partial charge in [0.25, 0.3) is 0 Å². The van der Waals surface area contributed by atoms with Crippen molar-refractivity contribution in [1.82, 2.24) is 9.62 Å². The van der Waals surface area contributed by atoms with Crippen molar-refractivity contribution in [2.75, 3.05) is 6.54 Å². The number of carbonyl (C=O) groups is 1. The van der Waals surface area contributed by atoms with Crippen molar-refractivity contribution >= 4 is 15.9 Å². The summed E-state index contributed by atoms with van der Waals surface area (Å²) >= 11 is 0. The van der Waals surface area contributed by atoms with Crippen LogP contribution in [0.25, 0.3) is 0 Å². The first-order valence-corrected chi connectivity index (χ1v) is 8.68. The Balaban J connectivity index is 1.73. The van der Waals surface area contributed by atoms with E-state index in [1.54, 1.807) is 24.3 Å². The topological polar surface area (TPSA) is 66.5 Å². The molecular formula is C15H18N2O3S. The van der Waals surface area contributed by atoms with Gasteiger partial charge in [0.05, 0.1) is 5.75 Å². The van der Waals surface area contributed by atoms with Crippen LogP contribution in [0.4, 0.5) is 0 Å². The molecule has 0 bridgehead atoms. The first kappa shape index (κ1) is 14.3. The number of sulfonamides is 1. The van der Waals surface area contributed by atoms with Crippen molar-refractivity contribution in [3.05, 3.63) is 48.0 Å². The van der Waals surface area contributed by atoms with Crippen molar-refractivity contribution in [3.8, 4) is 0 Å². The van der Waals surface area contributed by atoms with Crippen LogP contribution >= 0.6 is 0 Å².